The third-order valence-electron chi connectivity index (χ3n) is 3.32. The highest BCUT2D eigenvalue weighted by Crippen LogP contribution is 2.34. The molecule has 2 fully saturated rings. The average molecular weight is 345 g/mol. The van der Waals surface area contributed by atoms with Crippen molar-refractivity contribution in [2.45, 2.75) is 12.5 Å². The van der Waals surface area contributed by atoms with E-state index < -0.39 is 18.0 Å². The Morgan fingerprint density at radius 3 is 2.61 bits per heavy atom. The molecule has 2 aliphatic heterocycles. The number of cyclic esters (lactones) is 2. The molecule has 0 N–H and O–H groups in total. The molecule has 1 amide bonds. The second kappa shape index (κ2) is 6.47. The van der Waals surface area contributed by atoms with E-state index in [-0.39, 0.29) is 16.6 Å². The largest absolute Gasteiger partial charge is 0.392 e. The number of ether oxygens (including phenoxy) is 1. The molecule has 0 aliphatic carbocycles. The topological polar surface area (TPSA) is 63.7 Å². The number of hydrogen-bond acceptors (Lipinski definition) is 6. The molecule has 5 nitrogen and oxygen atoms in total. The van der Waals surface area contributed by atoms with Gasteiger partial charge in [-0.15, -0.1) is 0 Å². The minimum atomic E-state index is -0.945. The highest BCUT2D eigenvalue weighted by molar-refractivity contribution is 8.26. The van der Waals surface area contributed by atoms with E-state index in [0.29, 0.717) is 4.91 Å². The Labute approximate surface area is 142 Å². The molecule has 2 heterocycles. The molecular formula is C16H11NO4S2. The molecule has 116 valence electrons. The number of hydrogen-bond donors (Lipinski definition) is 0. The molecular weight excluding hydrogens is 334 g/mol. The van der Waals surface area contributed by atoms with Gasteiger partial charge in [-0.3, -0.25) is 14.5 Å². The molecule has 7 heteroatoms. The Morgan fingerprint density at radius 2 is 1.96 bits per heavy atom. The van der Waals surface area contributed by atoms with Crippen molar-refractivity contribution in [2.24, 2.45) is 0 Å². The molecule has 0 aromatic heterocycles. The van der Waals surface area contributed by atoms with Gasteiger partial charge in [-0.1, -0.05) is 66.5 Å². The van der Waals surface area contributed by atoms with E-state index in [1.807, 2.05) is 36.4 Å². The van der Waals surface area contributed by atoms with Gasteiger partial charge in [-0.2, -0.15) is 0 Å². The zero-order chi connectivity index (χ0) is 16.4. The Bertz CT molecular complexity index is 755. The maximum absolute atomic E-state index is 12.4. The molecule has 2 saturated heterocycles. The van der Waals surface area contributed by atoms with Gasteiger partial charge in [0, 0.05) is 0 Å². The van der Waals surface area contributed by atoms with Crippen LogP contribution in [0.2, 0.25) is 0 Å². The first-order valence-corrected chi connectivity index (χ1v) is 8.02. The molecule has 0 unspecified atom stereocenters. The first-order valence-electron chi connectivity index (χ1n) is 6.79. The van der Waals surface area contributed by atoms with E-state index in [1.165, 1.54) is 0 Å². The number of carbonyl (C=O) groups excluding carboxylic acids is 3. The minimum Gasteiger partial charge on any atom is -0.392 e. The van der Waals surface area contributed by atoms with Crippen molar-refractivity contribution in [1.29, 1.82) is 0 Å². The predicted octanol–water partition coefficient (Wildman–Crippen LogP) is 2.29. The second-order valence-electron chi connectivity index (χ2n) is 4.86. The summed E-state index contributed by atoms with van der Waals surface area (Å²) in [6.45, 7) is 0. The summed E-state index contributed by atoms with van der Waals surface area (Å²) in [6.07, 6.45) is 5.10. The standard InChI is InChI=1S/C16H11NO4S2/c18-13-9-11(15(20)21-13)17-14(19)12(23-16(17)22)8-4-7-10-5-2-1-3-6-10/h1-8,11H,9H2/b7-4+,12-8-/t11-/m1/s1. The predicted molar refractivity (Wildman–Crippen MR) is 90.1 cm³/mol. The Kier molecular flexibility index (Phi) is 4.40. The van der Waals surface area contributed by atoms with E-state index in [9.17, 15) is 14.4 Å². The molecule has 0 saturated carbocycles. The second-order valence-corrected chi connectivity index (χ2v) is 6.53. The van der Waals surface area contributed by atoms with Crippen molar-refractivity contribution >= 4 is 52.2 Å². The summed E-state index contributed by atoms with van der Waals surface area (Å²) in [7, 11) is 0. The number of benzene rings is 1. The monoisotopic (exact) mass is 345 g/mol. The highest BCUT2D eigenvalue weighted by Gasteiger charge is 2.46. The molecule has 2 aliphatic rings. The van der Waals surface area contributed by atoms with Crippen LogP contribution in [-0.2, 0) is 19.1 Å². The quantitative estimate of drug-likeness (QED) is 0.362. The number of thioether (sulfide) groups is 1. The fourth-order valence-electron chi connectivity index (χ4n) is 2.23. The van der Waals surface area contributed by atoms with E-state index in [1.54, 1.807) is 12.2 Å². The number of allylic oxidation sites excluding steroid dienone is 2. The van der Waals surface area contributed by atoms with E-state index >= 15 is 0 Å². The lowest BCUT2D eigenvalue weighted by atomic mass is 10.2. The van der Waals surface area contributed by atoms with Crippen molar-refractivity contribution in [3.63, 3.8) is 0 Å². The molecule has 1 atom stereocenters. The molecule has 0 bridgehead atoms. The van der Waals surface area contributed by atoms with Crippen molar-refractivity contribution in [2.75, 3.05) is 0 Å². The van der Waals surface area contributed by atoms with Crippen LogP contribution in [-0.4, -0.2) is 33.1 Å². The van der Waals surface area contributed by atoms with Crippen LogP contribution in [0.3, 0.4) is 0 Å². The van der Waals surface area contributed by atoms with Crippen LogP contribution in [0.1, 0.15) is 12.0 Å². The lowest BCUT2D eigenvalue weighted by molar-refractivity contribution is -0.153. The number of thiocarbonyl (C=S) groups is 1. The molecule has 1 aromatic rings. The number of esters is 2. The van der Waals surface area contributed by atoms with Crippen LogP contribution in [0, 0.1) is 0 Å². The molecule has 3 rings (SSSR count). The van der Waals surface area contributed by atoms with Gasteiger partial charge in [-0.05, 0) is 11.6 Å². The van der Waals surface area contributed by atoms with Gasteiger partial charge in [-0.25, -0.2) is 4.79 Å². The van der Waals surface area contributed by atoms with E-state index in [4.69, 9.17) is 12.2 Å². The number of nitrogens with zero attached hydrogens (tertiary/aromatic N) is 1. The average Bonchev–Trinajstić information content (AvgIpc) is 2.99. The van der Waals surface area contributed by atoms with Gasteiger partial charge >= 0.3 is 11.9 Å². The fourth-order valence-corrected chi connectivity index (χ4v) is 3.54. The fraction of sp³-hybridized carbons (Fsp3) is 0.125. The van der Waals surface area contributed by atoms with Crippen LogP contribution in [0.4, 0.5) is 0 Å². The van der Waals surface area contributed by atoms with Crippen LogP contribution >= 0.6 is 24.0 Å². The summed E-state index contributed by atoms with van der Waals surface area (Å²) in [4.78, 5) is 36.8. The van der Waals surface area contributed by atoms with Gasteiger partial charge in [0.2, 0.25) is 0 Å². The summed E-state index contributed by atoms with van der Waals surface area (Å²) in [5.41, 5.74) is 1.00. The lowest BCUT2D eigenvalue weighted by Gasteiger charge is -2.17. The third kappa shape index (κ3) is 3.25. The van der Waals surface area contributed by atoms with Gasteiger partial charge < -0.3 is 4.74 Å². The third-order valence-corrected chi connectivity index (χ3v) is 4.67. The minimum absolute atomic E-state index is 0.154. The van der Waals surface area contributed by atoms with Gasteiger partial charge in [0.15, 0.2) is 0 Å². The van der Waals surface area contributed by atoms with Gasteiger partial charge in [0.05, 0.1) is 11.3 Å². The van der Waals surface area contributed by atoms with Gasteiger partial charge in [0.1, 0.15) is 10.4 Å². The van der Waals surface area contributed by atoms with E-state index in [0.717, 1.165) is 22.2 Å². The summed E-state index contributed by atoms with van der Waals surface area (Å²) < 4.78 is 4.74. The Morgan fingerprint density at radius 1 is 1.22 bits per heavy atom. The smallest absolute Gasteiger partial charge is 0.337 e. The Hall–Kier alpha value is -2.25. The number of carbonyl (C=O) groups is 3. The van der Waals surface area contributed by atoms with E-state index in [2.05, 4.69) is 4.74 Å². The van der Waals surface area contributed by atoms with Crippen molar-refractivity contribution < 1.29 is 19.1 Å². The van der Waals surface area contributed by atoms with Crippen molar-refractivity contribution in [1.82, 2.24) is 4.90 Å². The van der Waals surface area contributed by atoms with Crippen molar-refractivity contribution in [3.8, 4) is 0 Å². The summed E-state index contributed by atoms with van der Waals surface area (Å²) >= 11 is 6.26. The maximum Gasteiger partial charge on any atom is 0.337 e. The van der Waals surface area contributed by atoms with Crippen LogP contribution in [0.25, 0.3) is 6.08 Å². The number of amides is 1. The molecule has 0 spiro atoms. The first-order chi connectivity index (χ1) is 11.1. The molecule has 23 heavy (non-hydrogen) atoms. The van der Waals surface area contributed by atoms with Crippen LogP contribution < -0.4 is 0 Å². The molecule has 1 aromatic carbocycles. The Balaban J connectivity index is 1.76. The SMILES string of the molecule is O=C1C[C@@H](N2C(=O)/C(=C/C=C/c3ccccc3)SC2=S)C(=O)O1. The first kappa shape index (κ1) is 15.6. The summed E-state index contributed by atoms with van der Waals surface area (Å²) in [5.74, 6) is -1.75. The lowest BCUT2D eigenvalue weighted by Crippen LogP contribution is -2.41. The highest BCUT2D eigenvalue weighted by atomic mass is 32.2. The summed E-state index contributed by atoms with van der Waals surface area (Å²) in [5, 5.41) is 0. The zero-order valence-electron chi connectivity index (χ0n) is 11.8. The van der Waals surface area contributed by atoms with Crippen LogP contribution in [0.5, 0.6) is 0 Å². The number of rotatable bonds is 3. The van der Waals surface area contributed by atoms with Gasteiger partial charge in [0.25, 0.3) is 5.91 Å². The molecule has 0 radical (unpaired) electrons. The normalized spacial score (nSPS) is 23.4. The maximum atomic E-state index is 12.4. The van der Waals surface area contributed by atoms with Crippen LogP contribution in [0.15, 0.2) is 47.4 Å². The summed E-state index contributed by atoms with van der Waals surface area (Å²) in [6, 6.07) is 8.69. The zero-order valence-corrected chi connectivity index (χ0v) is 13.4. The van der Waals surface area contributed by atoms with Crippen molar-refractivity contribution in [3.05, 3.63) is 53.0 Å².